The maximum absolute atomic E-state index is 6.10. The molecule has 0 spiro atoms. The van der Waals surface area contributed by atoms with Crippen molar-refractivity contribution in [1.82, 2.24) is 5.43 Å². The molecule has 98 valence electrons. The monoisotopic (exact) mass is 274 g/mol. The van der Waals surface area contributed by atoms with E-state index in [0.29, 0.717) is 16.7 Å². The Balaban J connectivity index is 2.26. The number of aryl methyl sites for hydroxylation is 1. The van der Waals surface area contributed by atoms with Crippen molar-refractivity contribution in [3.05, 3.63) is 59.1 Å². The molecule has 0 bridgehead atoms. The number of benzene rings is 2. The summed E-state index contributed by atoms with van der Waals surface area (Å²) in [5.41, 5.74) is 5.17. The van der Waals surface area contributed by atoms with E-state index in [-0.39, 0.29) is 0 Å². The summed E-state index contributed by atoms with van der Waals surface area (Å²) in [6.07, 6.45) is 0. The maximum atomic E-state index is 6.10. The number of hydrogen-bond acceptors (Lipinski definition) is 2. The molecule has 4 N–H and O–H groups in total. The lowest BCUT2D eigenvalue weighted by Gasteiger charge is -2.09. The van der Waals surface area contributed by atoms with Crippen molar-refractivity contribution in [2.75, 3.05) is 5.32 Å². The Morgan fingerprint density at radius 1 is 1.16 bits per heavy atom. The zero-order chi connectivity index (χ0) is 13.7. The van der Waals surface area contributed by atoms with Gasteiger partial charge >= 0.3 is 0 Å². The molecule has 0 aliphatic rings. The first-order valence-corrected chi connectivity index (χ1v) is 6.20. The second-order valence-corrected chi connectivity index (χ2v) is 4.46. The molecular weight excluding hydrogens is 260 g/mol. The van der Waals surface area contributed by atoms with Gasteiger partial charge in [0.2, 0.25) is 5.96 Å². The number of guanidine groups is 1. The lowest BCUT2D eigenvalue weighted by molar-refractivity contribution is 1.02. The third-order valence-corrected chi connectivity index (χ3v) is 2.83. The minimum Gasteiger partial charge on any atom is -0.325 e. The van der Waals surface area contributed by atoms with Crippen molar-refractivity contribution in [3.8, 4) is 0 Å². The molecule has 0 unspecified atom stereocenters. The summed E-state index contributed by atoms with van der Waals surface area (Å²) in [5.74, 6) is 5.90. The Bertz CT molecular complexity index is 581. The van der Waals surface area contributed by atoms with E-state index in [2.05, 4.69) is 15.7 Å². The van der Waals surface area contributed by atoms with Crippen LogP contribution in [0, 0.1) is 6.92 Å². The molecule has 0 amide bonds. The van der Waals surface area contributed by atoms with Gasteiger partial charge < -0.3 is 5.32 Å². The highest BCUT2D eigenvalue weighted by atomic mass is 35.5. The second kappa shape index (κ2) is 6.22. The molecule has 0 radical (unpaired) electrons. The first-order chi connectivity index (χ1) is 9.19. The quantitative estimate of drug-likeness (QED) is 0.341. The number of nitrogens with two attached hydrogens (primary N) is 1. The zero-order valence-electron chi connectivity index (χ0n) is 10.5. The van der Waals surface area contributed by atoms with Crippen molar-refractivity contribution in [2.24, 2.45) is 10.8 Å². The zero-order valence-corrected chi connectivity index (χ0v) is 11.3. The summed E-state index contributed by atoms with van der Waals surface area (Å²) < 4.78 is 0. The number of hydrogen-bond donors (Lipinski definition) is 3. The number of anilines is 1. The van der Waals surface area contributed by atoms with Crippen molar-refractivity contribution < 1.29 is 0 Å². The van der Waals surface area contributed by atoms with Crippen molar-refractivity contribution in [1.29, 1.82) is 0 Å². The highest BCUT2D eigenvalue weighted by molar-refractivity contribution is 6.33. The minimum atomic E-state index is 0.429. The SMILES string of the molecule is Cc1ccc(Cl)c(N=C(NN)Nc2ccccc2)c1. The fourth-order valence-corrected chi connectivity index (χ4v) is 1.74. The molecule has 0 aliphatic heterocycles. The van der Waals surface area contributed by atoms with Crippen LogP contribution >= 0.6 is 11.6 Å². The van der Waals surface area contributed by atoms with Gasteiger partial charge in [0.1, 0.15) is 0 Å². The van der Waals surface area contributed by atoms with E-state index in [9.17, 15) is 0 Å². The van der Waals surface area contributed by atoms with E-state index in [1.807, 2.05) is 55.5 Å². The smallest absolute Gasteiger partial charge is 0.215 e. The summed E-state index contributed by atoms with van der Waals surface area (Å²) in [4.78, 5) is 4.37. The lowest BCUT2D eigenvalue weighted by atomic mass is 10.2. The standard InChI is InChI=1S/C14H15ClN4/c1-10-7-8-12(15)13(9-10)18-14(19-16)17-11-5-3-2-4-6-11/h2-9H,16H2,1H3,(H2,17,18,19). The number of para-hydroxylation sites is 1. The van der Waals surface area contributed by atoms with Gasteiger partial charge in [-0.15, -0.1) is 0 Å². The Morgan fingerprint density at radius 3 is 2.58 bits per heavy atom. The molecule has 4 nitrogen and oxygen atoms in total. The van der Waals surface area contributed by atoms with Crippen molar-refractivity contribution in [2.45, 2.75) is 6.92 Å². The summed E-state index contributed by atoms with van der Waals surface area (Å²) in [7, 11) is 0. The van der Waals surface area contributed by atoms with Gasteiger partial charge in [0.15, 0.2) is 0 Å². The van der Waals surface area contributed by atoms with Crippen molar-refractivity contribution >= 4 is 28.9 Å². The highest BCUT2D eigenvalue weighted by Crippen LogP contribution is 2.25. The van der Waals surface area contributed by atoms with Gasteiger partial charge in [0.05, 0.1) is 10.7 Å². The second-order valence-electron chi connectivity index (χ2n) is 4.05. The van der Waals surface area contributed by atoms with Gasteiger partial charge in [-0.1, -0.05) is 35.9 Å². The largest absolute Gasteiger partial charge is 0.325 e. The van der Waals surface area contributed by atoms with Crippen LogP contribution in [0.4, 0.5) is 11.4 Å². The molecule has 0 heterocycles. The molecule has 2 rings (SSSR count). The summed E-state index contributed by atoms with van der Waals surface area (Å²) in [6.45, 7) is 1.98. The highest BCUT2D eigenvalue weighted by Gasteiger charge is 2.02. The van der Waals surface area contributed by atoms with E-state index in [4.69, 9.17) is 17.4 Å². The van der Waals surface area contributed by atoms with Crippen LogP contribution in [0.3, 0.4) is 0 Å². The number of aliphatic imine (C=N–C) groups is 1. The Labute approximate surface area is 117 Å². The maximum Gasteiger partial charge on any atom is 0.215 e. The van der Waals surface area contributed by atoms with Crippen LogP contribution in [0.1, 0.15) is 5.56 Å². The Hall–Kier alpha value is -2.04. The fraction of sp³-hybridized carbons (Fsp3) is 0.0714. The minimum absolute atomic E-state index is 0.429. The molecule has 0 saturated carbocycles. The molecule has 2 aromatic carbocycles. The van der Waals surface area contributed by atoms with Gasteiger partial charge in [0.25, 0.3) is 0 Å². The topological polar surface area (TPSA) is 62.4 Å². The number of hydrazine groups is 1. The lowest BCUT2D eigenvalue weighted by Crippen LogP contribution is -2.35. The van der Waals surface area contributed by atoms with Crippen LogP contribution in [-0.2, 0) is 0 Å². The normalized spacial score (nSPS) is 11.2. The molecule has 19 heavy (non-hydrogen) atoms. The van der Waals surface area contributed by atoms with Crippen LogP contribution in [0.2, 0.25) is 5.02 Å². The average Bonchev–Trinajstić information content (AvgIpc) is 2.43. The first kappa shape index (κ1) is 13.4. The van der Waals surface area contributed by atoms with Gasteiger partial charge in [-0.2, -0.15) is 0 Å². The summed E-state index contributed by atoms with van der Waals surface area (Å²) >= 11 is 6.10. The van der Waals surface area contributed by atoms with Gasteiger partial charge in [-0.25, -0.2) is 10.8 Å². The van der Waals surface area contributed by atoms with E-state index >= 15 is 0 Å². The number of rotatable bonds is 2. The molecule has 0 saturated heterocycles. The van der Waals surface area contributed by atoms with E-state index in [1.165, 1.54) is 0 Å². The van der Waals surface area contributed by atoms with Crippen LogP contribution < -0.4 is 16.6 Å². The molecule has 0 atom stereocenters. The third-order valence-electron chi connectivity index (χ3n) is 2.51. The van der Waals surface area contributed by atoms with E-state index in [0.717, 1.165) is 11.3 Å². The predicted octanol–water partition coefficient (Wildman–Crippen LogP) is 3.21. The molecule has 5 heteroatoms. The number of halogens is 1. The Kier molecular flexibility index (Phi) is 4.39. The van der Waals surface area contributed by atoms with Gasteiger partial charge in [0, 0.05) is 5.69 Å². The van der Waals surface area contributed by atoms with E-state index in [1.54, 1.807) is 0 Å². The molecule has 0 fully saturated rings. The molecular formula is C14H15ClN4. The van der Waals surface area contributed by atoms with Gasteiger partial charge in [-0.3, -0.25) is 5.43 Å². The molecule has 0 aromatic heterocycles. The van der Waals surface area contributed by atoms with Crippen molar-refractivity contribution in [3.63, 3.8) is 0 Å². The average molecular weight is 275 g/mol. The number of nitrogens with one attached hydrogen (secondary N) is 2. The van der Waals surface area contributed by atoms with Crippen LogP contribution in [0.15, 0.2) is 53.5 Å². The fourth-order valence-electron chi connectivity index (χ4n) is 1.58. The van der Waals surface area contributed by atoms with Crippen LogP contribution in [0.5, 0.6) is 0 Å². The summed E-state index contributed by atoms with van der Waals surface area (Å²) in [5, 5.41) is 3.66. The van der Waals surface area contributed by atoms with Crippen LogP contribution in [0.25, 0.3) is 0 Å². The number of nitrogens with zero attached hydrogens (tertiary/aromatic N) is 1. The predicted molar refractivity (Wildman–Crippen MR) is 80.7 cm³/mol. The van der Waals surface area contributed by atoms with Crippen LogP contribution in [-0.4, -0.2) is 5.96 Å². The molecule has 2 aromatic rings. The Morgan fingerprint density at radius 2 is 1.89 bits per heavy atom. The molecule has 0 aliphatic carbocycles. The van der Waals surface area contributed by atoms with E-state index < -0.39 is 0 Å². The first-order valence-electron chi connectivity index (χ1n) is 5.82. The third kappa shape index (κ3) is 3.71. The van der Waals surface area contributed by atoms with Gasteiger partial charge in [-0.05, 0) is 36.8 Å². The summed E-state index contributed by atoms with van der Waals surface area (Å²) in [6, 6.07) is 15.3.